The van der Waals surface area contributed by atoms with Crippen LogP contribution >= 0.6 is 0 Å². The summed E-state index contributed by atoms with van der Waals surface area (Å²) in [6.07, 6.45) is 1.52. The molecule has 7 nitrogen and oxygen atoms in total. The molecular formula is C13H20N2O5. The van der Waals surface area contributed by atoms with E-state index < -0.39 is 12.0 Å². The van der Waals surface area contributed by atoms with Crippen molar-refractivity contribution in [1.82, 2.24) is 9.80 Å². The van der Waals surface area contributed by atoms with Crippen LogP contribution in [0.2, 0.25) is 0 Å². The number of nitrogens with zero attached hydrogens (tertiary/aromatic N) is 2. The Morgan fingerprint density at radius 3 is 2.60 bits per heavy atom. The zero-order chi connectivity index (χ0) is 14.7. The van der Waals surface area contributed by atoms with Crippen LogP contribution in [-0.4, -0.2) is 65.2 Å². The van der Waals surface area contributed by atoms with Crippen LogP contribution in [0, 0.1) is 5.92 Å². The number of hydrogen-bond acceptors (Lipinski definition) is 4. The Hall–Kier alpha value is -1.79. The van der Waals surface area contributed by atoms with Crippen LogP contribution in [0.5, 0.6) is 0 Å². The predicted octanol–water partition coefficient (Wildman–Crippen LogP) is 0.540. The number of likely N-dealkylation sites (tertiary alicyclic amines) is 2. The molecule has 2 aliphatic rings. The Morgan fingerprint density at radius 2 is 2.00 bits per heavy atom. The molecule has 1 atom stereocenters. The summed E-state index contributed by atoms with van der Waals surface area (Å²) >= 11 is 0. The van der Waals surface area contributed by atoms with Crippen LogP contribution in [0.4, 0.5) is 4.79 Å². The molecule has 2 fully saturated rings. The maximum atomic E-state index is 12.3. The first-order chi connectivity index (χ1) is 9.52. The Balaban J connectivity index is 1.86. The fourth-order valence-electron chi connectivity index (χ4n) is 2.76. The van der Waals surface area contributed by atoms with Crippen LogP contribution in [0.1, 0.15) is 26.2 Å². The average Bonchev–Trinajstić information content (AvgIpc) is 2.81. The third-order valence-electron chi connectivity index (χ3n) is 3.75. The molecule has 2 amide bonds. The first kappa shape index (κ1) is 14.6. The van der Waals surface area contributed by atoms with Gasteiger partial charge in [0.1, 0.15) is 6.04 Å². The second-order valence-electron chi connectivity index (χ2n) is 5.25. The van der Waals surface area contributed by atoms with Gasteiger partial charge in [-0.2, -0.15) is 0 Å². The molecule has 0 aromatic carbocycles. The van der Waals surface area contributed by atoms with Crippen molar-refractivity contribution < 1.29 is 24.2 Å². The SMILES string of the molecule is CCOC(=O)C1CCCN1C(=O)N1CC(CC(=O)O)C1. The maximum Gasteiger partial charge on any atom is 0.328 e. The standard InChI is InChI=1S/C13H20N2O5/c1-2-20-12(18)10-4-3-5-15(10)13(19)14-7-9(8-14)6-11(16)17/h9-10H,2-8H2,1H3,(H,16,17). The van der Waals surface area contributed by atoms with Gasteiger partial charge in [0.2, 0.25) is 0 Å². The summed E-state index contributed by atoms with van der Waals surface area (Å²) in [5, 5.41) is 8.68. The molecule has 112 valence electrons. The molecule has 0 aromatic rings. The van der Waals surface area contributed by atoms with Gasteiger partial charge in [0.05, 0.1) is 13.0 Å². The Labute approximate surface area is 117 Å². The highest BCUT2D eigenvalue weighted by Gasteiger charge is 2.41. The molecule has 1 unspecified atom stereocenters. The highest BCUT2D eigenvalue weighted by atomic mass is 16.5. The molecule has 0 aromatic heterocycles. The molecule has 0 aliphatic carbocycles. The van der Waals surface area contributed by atoms with Crippen molar-refractivity contribution in [2.45, 2.75) is 32.2 Å². The van der Waals surface area contributed by atoms with E-state index in [-0.39, 0.29) is 24.3 Å². The third-order valence-corrected chi connectivity index (χ3v) is 3.75. The van der Waals surface area contributed by atoms with E-state index in [1.807, 2.05) is 0 Å². The number of ether oxygens (including phenoxy) is 1. The molecule has 0 radical (unpaired) electrons. The van der Waals surface area contributed by atoms with Crippen molar-refractivity contribution in [2.75, 3.05) is 26.2 Å². The van der Waals surface area contributed by atoms with E-state index in [2.05, 4.69) is 0 Å². The topological polar surface area (TPSA) is 87.2 Å². The molecule has 2 aliphatic heterocycles. The number of urea groups is 1. The number of rotatable bonds is 4. The fraction of sp³-hybridized carbons (Fsp3) is 0.769. The second kappa shape index (κ2) is 6.11. The molecule has 2 saturated heterocycles. The molecule has 2 rings (SSSR count). The Bertz CT molecular complexity index is 406. The predicted molar refractivity (Wildman–Crippen MR) is 69.1 cm³/mol. The van der Waals surface area contributed by atoms with Crippen molar-refractivity contribution in [3.63, 3.8) is 0 Å². The molecule has 0 spiro atoms. The zero-order valence-corrected chi connectivity index (χ0v) is 11.6. The summed E-state index contributed by atoms with van der Waals surface area (Å²) in [7, 11) is 0. The highest BCUT2D eigenvalue weighted by Crippen LogP contribution is 2.25. The summed E-state index contributed by atoms with van der Waals surface area (Å²) in [6, 6.07) is -0.664. The lowest BCUT2D eigenvalue weighted by molar-refractivity contribution is -0.147. The van der Waals surface area contributed by atoms with Gasteiger partial charge in [-0.15, -0.1) is 0 Å². The highest BCUT2D eigenvalue weighted by molar-refractivity contribution is 5.84. The largest absolute Gasteiger partial charge is 0.481 e. The van der Waals surface area contributed by atoms with Crippen LogP contribution in [0.3, 0.4) is 0 Å². The molecular weight excluding hydrogens is 264 g/mol. The number of carbonyl (C=O) groups is 3. The molecule has 20 heavy (non-hydrogen) atoms. The van der Waals surface area contributed by atoms with E-state index in [1.54, 1.807) is 16.7 Å². The van der Waals surface area contributed by atoms with Gasteiger partial charge in [0.15, 0.2) is 0 Å². The lowest BCUT2D eigenvalue weighted by Gasteiger charge is -2.41. The maximum absolute atomic E-state index is 12.3. The normalized spacial score (nSPS) is 22.6. The van der Waals surface area contributed by atoms with Crippen LogP contribution in [0.25, 0.3) is 0 Å². The third kappa shape index (κ3) is 3.02. The number of esters is 1. The van der Waals surface area contributed by atoms with Crippen molar-refractivity contribution >= 4 is 18.0 Å². The smallest absolute Gasteiger partial charge is 0.328 e. The summed E-state index contributed by atoms with van der Waals surface area (Å²) < 4.78 is 4.98. The van der Waals surface area contributed by atoms with Gasteiger partial charge >= 0.3 is 18.0 Å². The number of amides is 2. The number of hydrogen-bond donors (Lipinski definition) is 1. The minimum Gasteiger partial charge on any atom is -0.481 e. The van der Waals surface area contributed by atoms with Gasteiger partial charge in [0, 0.05) is 25.6 Å². The Kier molecular flexibility index (Phi) is 4.46. The van der Waals surface area contributed by atoms with Crippen molar-refractivity contribution in [1.29, 1.82) is 0 Å². The number of carbonyl (C=O) groups excluding carboxylic acids is 2. The van der Waals surface area contributed by atoms with E-state index in [0.717, 1.165) is 6.42 Å². The van der Waals surface area contributed by atoms with Crippen LogP contribution < -0.4 is 0 Å². The molecule has 2 heterocycles. The van der Waals surface area contributed by atoms with Crippen molar-refractivity contribution in [3.8, 4) is 0 Å². The first-order valence-electron chi connectivity index (χ1n) is 6.97. The van der Waals surface area contributed by atoms with Gasteiger partial charge < -0.3 is 19.6 Å². The number of carboxylic acid groups (broad SMARTS) is 1. The Morgan fingerprint density at radius 1 is 1.30 bits per heavy atom. The molecule has 7 heteroatoms. The van der Waals surface area contributed by atoms with Gasteiger partial charge in [0.25, 0.3) is 0 Å². The summed E-state index contributed by atoms with van der Waals surface area (Å²) in [4.78, 5) is 37.8. The number of aliphatic carboxylic acids is 1. The van der Waals surface area contributed by atoms with Crippen molar-refractivity contribution in [3.05, 3.63) is 0 Å². The van der Waals surface area contributed by atoms with Gasteiger partial charge in [-0.25, -0.2) is 9.59 Å². The lowest BCUT2D eigenvalue weighted by Crippen LogP contribution is -2.57. The second-order valence-corrected chi connectivity index (χ2v) is 5.25. The fourth-order valence-corrected chi connectivity index (χ4v) is 2.76. The zero-order valence-electron chi connectivity index (χ0n) is 11.6. The van der Waals surface area contributed by atoms with E-state index in [1.165, 1.54) is 0 Å². The van der Waals surface area contributed by atoms with E-state index in [4.69, 9.17) is 9.84 Å². The molecule has 1 N–H and O–H groups in total. The van der Waals surface area contributed by atoms with E-state index in [9.17, 15) is 14.4 Å². The average molecular weight is 284 g/mol. The number of carboxylic acids is 1. The summed E-state index contributed by atoms with van der Waals surface area (Å²) in [5.41, 5.74) is 0. The van der Waals surface area contributed by atoms with Crippen LogP contribution in [0.15, 0.2) is 0 Å². The monoisotopic (exact) mass is 284 g/mol. The minimum absolute atomic E-state index is 0.0279. The van der Waals surface area contributed by atoms with E-state index >= 15 is 0 Å². The minimum atomic E-state index is -0.840. The molecule has 0 saturated carbocycles. The van der Waals surface area contributed by atoms with Crippen LogP contribution in [-0.2, 0) is 14.3 Å². The lowest BCUT2D eigenvalue weighted by atomic mass is 9.97. The van der Waals surface area contributed by atoms with Gasteiger partial charge in [-0.3, -0.25) is 4.79 Å². The van der Waals surface area contributed by atoms with E-state index in [0.29, 0.717) is 32.7 Å². The summed E-state index contributed by atoms with van der Waals surface area (Å²) in [6.45, 7) is 3.52. The van der Waals surface area contributed by atoms with Gasteiger partial charge in [-0.1, -0.05) is 0 Å². The summed E-state index contributed by atoms with van der Waals surface area (Å²) in [5.74, 6) is -1.16. The first-order valence-corrected chi connectivity index (χ1v) is 6.97. The molecule has 0 bridgehead atoms. The van der Waals surface area contributed by atoms with Crippen molar-refractivity contribution in [2.24, 2.45) is 5.92 Å². The van der Waals surface area contributed by atoms with Gasteiger partial charge in [-0.05, 0) is 19.8 Å². The quantitative estimate of drug-likeness (QED) is 0.761.